The number of sulfonamides is 1. The first-order valence-corrected chi connectivity index (χ1v) is 11.5. The lowest BCUT2D eigenvalue weighted by atomic mass is 10.2. The molecule has 1 aromatic carbocycles. The molecule has 1 aromatic rings. The summed E-state index contributed by atoms with van der Waals surface area (Å²) in [5, 5.41) is 10.3. The minimum absolute atomic E-state index is 0.0231. The van der Waals surface area contributed by atoms with E-state index in [1.807, 2.05) is 0 Å². The van der Waals surface area contributed by atoms with E-state index in [2.05, 4.69) is 5.32 Å². The third-order valence-corrected chi connectivity index (χ3v) is 6.73. The monoisotopic (exact) mass is 499 g/mol. The Morgan fingerprint density at radius 3 is 2.24 bits per heavy atom. The fourth-order valence-electron chi connectivity index (χ4n) is 3.18. The highest BCUT2D eigenvalue weighted by Gasteiger charge is 2.38. The van der Waals surface area contributed by atoms with Crippen molar-refractivity contribution in [2.75, 3.05) is 45.9 Å². The fraction of sp³-hybridized carbons (Fsp3) is 0.579. The van der Waals surface area contributed by atoms with Crippen LogP contribution in [-0.2, 0) is 24.3 Å². The third kappa shape index (κ3) is 8.21. The van der Waals surface area contributed by atoms with Gasteiger partial charge in [0.15, 0.2) is 0 Å². The second-order valence-electron chi connectivity index (χ2n) is 7.32. The van der Waals surface area contributed by atoms with Crippen LogP contribution < -0.4 is 5.32 Å². The van der Waals surface area contributed by atoms with Gasteiger partial charge in [-0.05, 0) is 37.1 Å². The van der Waals surface area contributed by atoms with Crippen molar-refractivity contribution < 1.29 is 45.4 Å². The first kappa shape index (κ1) is 27.0. The van der Waals surface area contributed by atoms with E-state index in [1.165, 1.54) is 16.4 Å². The predicted molar refractivity (Wildman–Crippen MR) is 107 cm³/mol. The molecule has 0 spiro atoms. The molecule has 14 heteroatoms. The molecule has 2 heterocycles. The maximum atomic E-state index is 13.2. The number of ether oxygens (including phenoxy) is 1. The van der Waals surface area contributed by atoms with Gasteiger partial charge in [0, 0.05) is 39.3 Å². The van der Waals surface area contributed by atoms with E-state index in [9.17, 15) is 30.8 Å². The highest BCUT2D eigenvalue weighted by Crippen LogP contribution is 2.21. The van der Waals surface area contributed by atoms with Crippen LogP contribution >= 0.6 is 0 Å². The van der Waals surface area contributed by atoms with Gasteiger partial charge in [0.2, 0.25) is 15.9 Å². The smallest absolute Gasteiger partial charge is 0.475 e. The van der Waals surface area contributed by atoms with Gasteiger partial charge in [-0.15, -0.1) is 0 Å². The van der Waals surface area contributed by atoms with E-state index < -0.39 is 28.0 Å². The van der Waals surface area contributed by atoms with Gasteiger partial charge in [-0.2, -0.15) is 17.5 Å². The molecule has 2 aliphatic rings. The van der Waals surface area contributed by atoms with Crippen molar-refractivity contribution in [3.05, 3.63) is 30.1 Å². The van der Waals surface area contributed by atoms with Crippen molar-refractivity contribution >= 4 is 21.9 Å². The lowest BCUT2D eigenvalue weighted by Crippen LogP contribution is -2.51. The van der Waals surface area contributed by atoms with Crippen molar-refractivity contribution in [3.8, 4) is 0 Å². The molecule has 0 bridgehead atoms. The summed E-state index contributed by atoms with van der Waals surface area (Å²) in [6.07, 6.45) is -3.67. The SMILES string of the molecule is O=C(CN(CC1CCCO1)S(=O)(=O)c1ccc(F)cc1)N1CCNCC1.O=C(O)C(F)(F)F. The van der Waals surface area contributed by atoms with Gasteiger partial charge < -0.3 is 20.1 Å². The predicted octanol–water partition coefficient (Wildman–Crippen LogP) is 1.06. The minimum Gasteiger partial charge on any atom is -0.475 e. The molecular formula is C19H25F4N3O6S. The number of nitrogens with one attached hydrogen (secondary N) is 1. The van der Waals surface area contributed by atoms with Crippen molar-refractivity contribution in [2.24, 2.45) is 0 Å². The lowest BCUT2D eigenvalue weighted by Gasteiger charge is -2.31. The third-order valence-electron chi connectivity index (χ3n) is 4.91. The van der Waals surface area contributed by atoms with Gasteiger partial charge in [0.25, 0.3) is 0 Å². The summed E-state index contributed by atoms with van der Waals surface area (Å²) in [6.45, 7) is 2.99. The molecule has 2 fully saturated rings. The Hall–Kier alpha value is -2.29. The summed E-state index contributed by atoms with van der Waals surface area (Å²) < 4.78 is 77.7. The molecule has 1 unspecified atom stereocenters. The standard InChI is InChI=1S/C17H24FN3O4S.C2HF3O2/c18-14-3-5-16(6-4-14)26(23,24)21(12-15-2-1-11-25-15)13-17(22)20-9-7-19-8-10-20;3-2(4,5)1(6)7/h3-6,15,19H,1-2,7-13H2;(H,6,7). The molecule has 0 aliphatic carbocycles. The number of halogens is 4. The molecule has 33 heavy (non-hydrogen) atoms. The summed E-state index contributed by atoms with van der Waals surface area (Å²) >= 11 is 0. The highest BCUT2D eigenvalue weighted by atomic mass is 32.2. The summed E-state index contributed by atoms with van der Waals surface area (Å²) in [7, 11) is -3.92. The molecule has 2 saturated heterocycles. The van der Waals surface area contributed by atoms with Crippen LogP contribution in [0.3, 0.4) is 0 Å². The number of carbonyl (C=O) groups excluding carboxylic acids is 1. The molecule has 1 amide bonds. The Labute approximate surface area is 188 Å². The number of hydrogen-bond acceptors (Lipinski definition) is 6. The number of nitrogens with zero attached hydrogens (tertiary/aromatic N) is 2. The topological polar surface area (TPSA) is 116 Å². The number of amides is 1. The number of piperazine rings is 1. The Balaban J connectivity index is 0.000000479. The number of rotatable bonds is 6. The van der Waals surface area contributed by atoms with Crippen molar-refractivity contribution in [1.29, 1.82) is 0 Å². The largest absolute Gasteiger partial charge is 0.490 e. The zero-order valence-corrected chi connectivity index (χ0v) is 18.4. The number of hydrogen-bond donors (Lipinski definition) is 2. The van der Waals surface area contributed by atoms with E-state index in [0.29, 0.717) is 32.8 Å². The number of alkyl halides is 3. The van der Waals surface area contributed by atoms with E-state index in [-0.39, 0.29) is 30.0 Å². The normalized spacial score (nSPS) is 19.2. The molecule has 2 N–H and O–H groups in total. The van der Waals surface area contributed by atoms with Crippen LogP contribution in [0.1, 0.15) is 12.8 Å². The first-order chi connectivity index (χ1) is 15.4. The molecule has 3 rings (SSSR count). The number of carbonyl (C=O) groups is 2. The van der Waals surface area contributed by atoms with Crippen LogP contribution in [0.4, 0.5) is 17.6 Å². The zero-order chi connectivity index (χ0) is 24.6. The molecule has 2 aliphatic heterocycles. The summed E-state index contributed by atoms with van der Waals surface area (Å²) in [5.74, 6) is -3.49. The number of benzene rings is 1. The summed E-state index contributed by atoms with van der Waals surface area (Å²) in [5.41, 5.74) is 0. The molecule has 186 valence electrons. The van der Waals surface area contributed by atoms with Crippen LogP contribution in [0.25, 0.3) is 0 Å². The molecule has 0 saturated carbocycles. The quantitative estimate of drug-likeness (QED) is 0.563. The molecule has 0 aromatic heterocycles. The van der Waals surface area contributed by atoms with Crippen molar-refractivity contribution in [2.45, 2.75) is 30.0 Å². The second kappa shape index (κ2) is 11.7. The Morgan fingerprint density at radius 1 is 1.18 bits per heavy atom. The average Bonchev–Trinajstić information content (AvgIpc) is 3.27. The lowest BCUT2D eigenvalue weighted by molar-refractivity contribution is -0.192. The molecule has 0 radical (unpaired) electrons. The highest BCUT2D eigenvalue weighted by molar-refractivity contribution is 7.89. The van der Waals surface area contributed by atoms with Crippen LogP contribution in [0.15, 0.2) is 29.2 Å². The number of aliphatic carboxylic acids is 1. The van der Waals surface area contributed by atoms with Crippen LogP contribution in [-0.4, -0.2) is 92.8 Å². The van der Waals surface area contributed by atoms with Gasteiger partial charge in [0.05, 0.1) is 17.5 Å². The number of carboxylic acid groups (broad SMARTS) is 1. The van der Waals surface area contributed by atoms with Gasteiger partial charge in [-0.3, -0.25) is 4.79 Å². The maximum Gasteiger partial charge on any atom is 0.490 e. The van der Waals surface area contributed by atoms with E-state index in [0.717, 1.165) is 25.0 Å². The van der Waals surface area contributed by atoms with Gasteiger partial charge >= 0.3 is 12.1 Å². The zero-order valence-electron chi connectivity index (χ0n) is 17.6. The van der Waals surface area contributed by atoms with Gasteiger partial charge in [-0.1, -0.05) is 0 Å². The Kier molecular flexibility index (Phi) is 9.57. The number of carboxylic acids is 1. The van der Waals surface area contributed by atoms with E-state index in [4.69, 9.17) is 14.6 Å². The summed E-state index contributed by atoms with van der Waals surface area (Å²) in [6, 6.07) is 4.66. The van der Waals surface area contributed by atoms with Crippen molar-refractivity contribution in [1.82, 2.24) is 14.5 Å². The summed E-state index contributed by atoms with van der Waals surface area (Å²) in [4.78, 5) is 23.1. The molecule has 9 nitrogen and oxygen atoms in total. The van der Waals surface area contributed by atoms with Crippen LogP contribution in [0.2, 0.25) is 0 Å². The molecular weight excluding hydrogens is 474 g/mol. The van der Waals surface area contributed by atoms with E-state index >= 15 is 0 Å². The average molecular weight is 499 g/mol. The Bertz CT molecular complexity index is 899. The van der Waals surface area contributed by atoms with Crippen LogP contribution in [0.5, 0.6) is 0 Å². The minimum atomic E-state index is -5.08. The van der Waals surface area contributed by atoms with E-state index in [1.54, 1.807) is 4.90 Å². The van der Waals surface area contributed by atoms with Crippen molar-refractivity contribution in [3.63, 3.8) is 0 Å². The molecule has 1 atom stereocenters. The van der Waals surface area contributed by atoms with Gasteiger partial charge in [0.1, 0.15) is 5.82 Å². The van der Waals surface area contributed by atoms with Crippen LogP contribution in [0, 0.1) is 5.82 Å². The fourth-order valence-corrected chi connectivity index (χ4v) is 4.60. The maximum absolute atomic E-state index is 13.2. The Morgan fingerprint density at radius 2 is 1.76 bits per heavy atom. The second-order valence-corrected chi connectivity index (χ2v) is 9.26. The first-order valence-electron chi connectivity index (χ1n) is 10.1. The van der Waals surface area contributed by atoms with Gasteiger partial charge in [-0.25, -0.2) is 17.6 Å².